The lowest BCUT2D eigenvalue weighted by Gasteiger charge is -2.25. The molecule has 0 saturated carbocycles. The standard InChI is InChI=1S/C17H17N5O2/c1-22-15(23)10-14(21-17(22)18)12-3-2-4-13(9-12)20-16(24)11-5-7-19-8-6-11/h2-9,14H,10H2,1H3,(H2,18,21)(H,20,24). The number of benzene rings is 1. The molecule has 0 spiro atoms. The molecule has 3 rings (SSSR count). The van der Waals surface area contributed by atoms with Crippen molar-refractivity contribution < 1.29 is 9.59 Å². The van der Waals surface area contributed by atoms with E-state index in [1.165, 1.54) is 4.90 Å². The van der Waals surface area contributed by atoms with Gasteiger partial charge in [0.2, 0.25) is 5.91 Å². The van der Waals surface area contributed by atoms with E-state index in [0.717, 1.165) is 5.56 Å². The zero-order valence-electron chi connectivity index (χ0n) is 13.1. The lowest BCUT2D eigenvalue weighted by molar-refractivity contribution is -0.127. The van der Waals surface area contributed by atoms with E-state index in [1.54, 1.807) is 43.7 Å². The Kier molecular flexibility index (Phi) is 4.24. The highest BCUT2D eigenvalue weighted by Gasteiger charge is 2.25. The summed E-state index contributed by atoms with van der Waals surface area (Å²) in [6.45, 7) is 0. The van der Waals surface area contributed by atoms with Crippen molar-refractivity contribution >= 4 is 23.5 Å². The Hall–Kier alpha value is -3.22. The van der Waals surface area contributed by atoms with E-state index in [-0.39, 0.29) is 30.2 Å². The van der Waals surface area contributed by atoms with Crippen LogP contribution in [0.2, 0.25) is 0 Å². The van der Waals surface area contributed by atoms with E-state index < -0.39 is 0 Å². The van der Waals surface area contributed by atoms with Crippen LogP contribution < -0.4 is 11.1 Å². The molecule has 2 amide bonds. The molecule has 3 N–H and O–H groups in total. The molecule has 1 atom stereocenters. The number of aliphatic imine (C=N–C) groups is 1. The molecule has 7 nitrogen and oxygen atoms in total. The SMILES string of the molecule is CN1C(=O)CC(c2cccc(NC(=O)c3ccncc3)c2)N=C1N. The molecule has 0 radical (unpaired) electrons. The molecule has 0 saturated heterocycles. The molecule has 0 fully saturated rings. The summed E-state index contributed by atoms with van der Waals surface area (Å²) in [6, 6.07) is 10.2. The Morgan fingerprint density at radius 2 is 2.04 bits per heavy atom. The van der Waals surface area contributed by atoms with Gasteiger partial charge in [-0.1, -0.05) is 12.1 Å². The van der Waals surface area contributed by atoms with Crippen LogP contribution in [0.15, 0.2) is 53.8 Å². The van der Waals surface area contributed by atoms with Crippen molar-refractivity contribution in [3.8, 4) is 0 Å². The summed E-state index contributed by atoms with van der Waals surface area (Å²) in [4.78, 5) is 33.7. The monoisotopic (exact) mass is 323 g/mol. The topological polar surface area (TPSA) is 101 Å². The molecule has 1 aromatic heterocycles. The van der Waals surface area contributed by atoms with Gasteiger partial charge < -0.3 is 11.1 Å². The molecule has 7 heteroatoms. The Balaban J connectivity index is 1.80. The first-order valence-electron chi connectivity index (χ1n) is 7.46. The van der Waals surface area contributed by atoms with Crippen molar-refractivity contribution in [1.82, 2.24) is 9.88 Å². The van der Waals surface area contributed by atoms with Crippen LogP contribution in [0, 0.1) is 0 Å². The molecular weight excluding hydrogens is 306 g/mol. The second kappa shape index (κ2) is 6.49. The average Bonchev–Trinajstić information content (AvgIpc) is 2.60. The summed E-state index contributed by atoms with van der Waals surface area (Å²) >= 11 is 0. The number of nitrogens with one attached hydrogen (secondary N) is 1. The second-order valence-electron chi connectivity index (χ2n) is 5.48. The zero-order chi connectivity index (χ0) is 17.1. The van der Waals surface area contributed by atoms with E-state index in [4.69, 9.17) is 5.73 Å². The quantitative estimate of drug-likeness (QED) is 0.895. The molecule has 0 bridgehead atoms. The molecule has 2 aromatic rings. The highest BCUT2D eigenvalue weighted by molar-refractivity contribution is 6.04. The first kappa shape index (κ1) is 15.7. The lowest BCUT2D eigenvalue weighted by atomic mass is 10.0. The van der Waals surface area contributed by atoms with Gasteiger partial charge in [0.05, 0.1) is 12.5 Å². The van der Waals surface area contributed by atoms with Gasteiger partial charge in [0.15, 0.2) is 5.96 Å². The molecule has 0 aliphatic carbocycles. The molecule has 24 heavy (non-hydrogen) atoms. The van der Waals surface area contributed by atoms with Crippen molar-refractivity contribution in [2.75, 3.05) is 12.4 Å². The fraction of sp³-hybridized carbons (Fsp3) is 0.176. The Bertz CT molecular complexity index is 804. The van der Waals surface area contributed by atoms with E-state index in [1.807, 2.05) is 12.1 Å². The fourth-order valence-electron chi connectivity index (χ4n) is 2.44. The van der Waals surface area contributed by atoms with Gasteiger partial charge in [-0.05, 0) is 29.8 Å². The maximum absolute atomic E-state index is 12.2. The average molecular weight is 323 g/mol. The third-order valence-corrected chi connectivity index (χ3v) is 3.85. The number of pyridine rings is 1. The van der Waals surface area contributed by atoms with Crippen molar-refractivity contribution in [3.05, 3.63) is 59.9 Å². The number of aromatic nitrogens is 1. The van der Waals surface area contributed by atoms with Gasteiger partial charge in [0.25, 0.3) is 5.91 Å². The molecule has 122 valence electrons. The minimum atomic E-state index is -0.341. The van der Waals surface area contributed by atoms with Gasteiger partial charge in [-0.15, -0.1) is 0 Å². The lowest BCUT2D eigenvalue weighted by Crippen LogP contribution is -2.42. The van der Waals surface area contributed by atoms with Crippen molar-refractivity contribution in [2.45, 2.75) is 12.5 Å². The Morgan fingerprint density at radius 3 is 2.75 bits per heavy atom. The molecule has 1 aliphatic rings. The van der Waals surface area contributed by atoms with Crippen LogP contribution in [0.3, 0.4) is 0 Å². The number of hydrogen-bond donors (Lipinski definition) is 2. The maximum atomic E-state index is 12.2. The van der Waals surface area contributed by atoms with E-state index in [2.05, 4.69) is 15.3 Å². The fourth-order valence-corrected chi connectivity index (χ4v) is 2.44. The predicted molar refractivity (Wildman–Crippen MR) is 90.4 cm³/mol. The number of guanidine groups is 1. The van der Waals surface area contributed by atoms with Gasteiger partial charge in [0.1, 0.15) is 0 Å². The molecule has 1 unspecified atom stereocenters. The maximum Gasteiger partial charge on any atom is 0.255 e. The number of amides is 2. The summed E-state index contributed by atoms with van der Waals surface area (Å²) in [5, 5.41) is 2.83. The number of carbonyl (C=O) groups is 2. The minimum absolute atomic E-state index is 0.0845. The van der Waals surface area contributed by atoms with Crippen LogP contribution in [0.25, 0.3) is 0 Å². The highest BCUT2D eigenvalue weighted by Crippen LogP contribution is 2.27. The predicted octanol–water partition coefficient (Wildman–Crippen LogP) is 1.55. The largest absolute Gasteiger partial charge is 0.369 e. The number of anilines is 1. The van der Waals surface area contributed by atoms with Crippen molar-refractivity contribution in [2.24, 2.45) is 10.7 Å². The van der Waals surface area contributed by atoms with E-state index in [9.17, 15) is 9.59 Å². The third-order valence-electron chi connectivity index (χ3n) is 3.85. The van der Waals surface area contributed by atoms with Crippen LogP contribution in [0.4, 0.5) is 5.69 Å². The molecule has 2 heterocycles. The first-order chi connectivity index (χ1) is 11.5. The Labute approximate surface area is 139 Å². The Morgan fingerprint density at radius 1 is 1.29 bits per heavy atom. The summed E-state index contributed by atoms with van der Waals surface area (Å²) in [6.07, 6.45) is 3.37. The summed E-state index contributed by atoms with van der Waals surface area (Å²) in [7, 11) is 1.60. The van der Waals surface area contributed by atoms with Crippen LogP contribution >= 0.6 is 0 Å². The van der Waals surface area contributed by atoms with E-state index >= 15 is 0 Å². The minimum Gasteiger partial charge on any atom is -0.369 e. The molecular formula is C17H17N5O2. The summed E-state index contributed by atoms with van der Waals surface area (Å²) in [5.74, 6) is -0.113. The van der Waals surface area contributed by atoms with Crippen LogP contribution in [0.1, 0.15) is 28.4 Å². The van der Waals surface area contributed by atoms with Crippen molar-refractivity contribution in [1.29, 1.82) is 0 Å². The van der Waals surface area contributed by atoms with Gasteiger partial charge in [-0.2, -0.15) is 0 Å². The van der Waals surface area contributed by atoms with Crippen LogP contribution in [-0.4, -0.2) is 34.7 Å². The van der Waals surface area contributed by atoms with Gasteiger partial charge in [0, 0.05) is 30.7 Å². The third kappa shape index (κ3) is 3.24. The first-order valence-corrected chi connectivity index (χ1v) is 7.46. The summed E-state index contributed by atoms with van der Waals surface area (Å²) < 4.78 is 0. The molecule has 1 aromatic carbocycles. The number of hydrogen-bond acceptors (Lipinski definition) is 5. The number of rotatable bonds is 3. The van der Waals surface area contributed by atoms with Crippen LogP contribution in [0.5, 0.6) is 0 Å². The van der Waals surface area contributed by atoms with Gasteiger partial charge in [-0.25, -0.2) is 4.99 Å². The number of nitrogens with two attached hydrogens (primary N) is 1. The normalized spacial score (nSPS) is 17.4. The van der Waals surface area contributed by atoms with E-state index in [0.29, 0.717) is 11.3 Å². The molecule has 1 aliphatic heterocycles. The van der Waals surface area contributed by atoms with Gasteiger partial charge in [-0.3, -0.25) is 19.5 Å². The highest BCUT2D eigenvalue weighted by atomic mass is 16.2. The second-order valence-corrected chi connectivity index (χ2v) is 5.48. The smallest absolute Gasteiger partial charge is 0.255 e. The zero-order valence-corrected chi connectivity index (χ0v) is 13.1. The number of carbonyl (C=O) groups excluding carboxylic acids is 2. The van der Waals surface area contributed by atoms with Gasteiger partial charge >= 0.3 is 0 Å². The van der Waals surface area contributed by atoms with Crippen molar-refractivity contribution in [3.63, 3.8) is 0 Å². The summed E-state index contributed by atoms with van der Waals surface area (Å²) in [5.41, 5.74) is 7.75. The van der Waals surface area contributed by atoms with Crippen LogP contribution in [-0.2, 0) is 4.79 Å². The number of nitrogens with zero attached hydrogens (tertiary/aromatic N) is 3.